The van der Waals surface area contributed by atoms with E-state index in [2.05, 4.69) is 0 Å². The van der Waals surface area contributed by atoms with Gasteiger partial charge in [-0.2, -0.15) is 0 Å². The van der Waals surface area contributed by atoms with Crippen LogP contribution in [0.4, 0.5) is 5.69 Å². The maximum atomic E-state index is 12.8. The summed E-state index contributed by atoms with van der Waals surface area (Å²) in [7, 11) is 3.43. The van der Waals surface area contributed by atoms with Gasteiger partial charge in [-0.15, -0.1) is 0 Å². The number of carbonyl (C=O) groups is 1. The molecule has 5 heteroatoms. The third-order valence-corrected chi connectivity index (χ3v) is 4.15. The SMILES string of the molecule is COc1ccc(C=C2C(=O)N(c3ccccc3)C(=S)N2C)cc1. The van der Waals surface area contributed by atoms with Gasteiger partial charge in [0.2, 0.25) is 0 Å². The summed E-state index contributed by atoms with van der Waals surface area (Å²) in [6, 6.07) is 16.9. The van der Waals surface area contributed by atoms with E-state index in [1.807, 2.05) is 60.7 Å². The second-order valence-corrected chi connectivity index (χ2v) is 5.49. The fourth-order valence-electron chi connectivity index (χ4n) is 2.42. The van der Waals surface area contributed by atoms with E-state index in [1.165, 1.54) is 0 Å². The maximum absolute atomic E-state index is 12.8. The van der Waals surface area contributed by atoms with Crippen molar-refractivity contribution in [3.05, 3.63) is 65.9 Å². The van der Waals surface area contributed by atoms with Gasteiger partial charge in [-0.05, 0) is 48.1 Å². The van der Waals surface area contributed by atoms with Gasteiger partial charge in [0.05, 0.1) is 12.8 Å². The number of methoxy groups -OCH3 is 1. The second-order valence-electron chi connectivity index (χ2n) is 5.12. The minimum absolute atomic E-state index is 0.125. The number of para-hydroxylation sites is 1. The van der Waals surface area contributed by atoms with Crippen LogP contribution in [0.1, 0.15) is 5.56 Å². The molecule has 1 amide bonds. The van der Waals surface area contributed by atoms with Crippen molar-refractivity contribution in [2.24, 2.45) is 0 Å². The Balaban J connectivity index is 1.95. The Morgan fingerprint density at radius 2 is 1.70 bits per heavy atom. The summed E-state index contributed by atoms with van der Waals surface area (Å²) in [5.41, 5.74) is 2.23. The van der Waals surface area contributed by atoms with Crippen LogP contribution in [0.2, 0.25) is 0 Å². The van der Waals surface area contributed by atoms with Crippen molar-refractivity contribution in [1.82, 2.24) is 4.90 Å². The first-order chi connectivity index (χ1) is 11.1. The Labute approximate surface area is 140 Å². The van der Waals surface area contributed by atoms with Gasteiger partial charge in [0.25, 0.3) is 5.91 Å². The average molecular weight is 324 g/mol. The standard InChI is InChI=1S/C18H16N2O2S/c1-19-16(12-13-8-10-15(22-2)11-9-13)17(21)20(18(19)23)14-6-4-3-5-7-14/h3-12H,1-2H3. The van der Waals surface area contributed by atoms with Crippen LogP contribution in [0.15, 0.2) is 60.3 Å². The minimum atomic E-state index is -0.125. The van der Waals surface area contributed by atoms with E-state index in [9.17, 15) is 4.79 Å². The third-order valence-electron chi connectivity index (χ3n) is 3.70. The maximum Gasteiger partial charge on any atom is 0.281 e. The molecule has 3 rings (SSSR count). The quantitative estimate of drug-likeness (QED) is 0.641. The topological polar surface area (TPSA) is 32.8 Å². The molecule has 1 aliphatic heterocycles. The first-order valence-electron chi connectivity index (χ1n) is 7.15. The zero-order valence-corrected chi connectivity index (χ0v) is 13.7. The number of hydrogen-bond donors (Lipinski definition) is 0. The van der Waals surface area contributed by atoms with Gasteiger partial charge in [0.15, 0.2) is 5.11 Å². The van der Waals surface area contributed by atoms with Crippen LogP contribution in [0, 0.1) is 0 Å². The van der Waals surface area contributed by atoms with Gasteiger partial charge >= 0.3 is 0 Å². The van der Waals surface area contributed by atoms with Crippen LogP contribution < -0.4 is 9.64 Å². The highest BCUT2D eigenvalue weighted by atomic mass is 32.1. The van der Waals surface area contributed by atoms with Crippen molar-refractivity contribution in [3.8, 4) is 5.75 Å². The molecule has 116 valence electrons. The van der Waals surface area contributed by atoms with E-state index in [0.717, 1.165) is 17.0 Å². The summed E-state index contributed by atoms with van der Waals surface area (Å²) in [6.45, 7) is 0. The van der Waals surface area contributed by atoms with Crippen molar-refractivity contribution in [3.63, 3.8) is 0 Å². The van der Waals surface area contributed by atoms with Crippen LogP contribution in [-0.4, -0.2) is 30.1 Å². The zero-order chi connectivity index (χ0) is 16.4. The molecular formula is C18H16N2O2S. The third kappa shape index (κ3) is 2.83. The Morgan fingerprint density at radius 1 is 1.04 bits per heavy atom. The number of carbonyl (C=O) groups excluding carboxylic acids is 1. The molecule has 4 nitrogen and oxygen atoms in total. The van der Waals surface area contributed by atoms with E-state index in [4.69, 9.17) is 17.0 Å². The molecule has 23 heavy (non-hydrogen) atoms. The predicted molar refractivity (Wildman–Crippen MR) is 95.3 cm³/mol. The Bertz CT molecular complexity index is 769. The van der Waals surface area contributed by atoms with Gasteiger partial charge in [-0.3, -0.25) is 9.69 Å². The molecule has 0 unspecified atom stereocenters. The molecule has 1 aliphatic rings. The fraction of sp³-hybridized carbons (Fsp3) is 0.111. The number of likely N-dealkylation sites (N-methyl/N-ethyl adjacent to an activating group) is 1. The largest absolute Gasteiger partial charge is 0.497 e. The molecule has 0 spiro atoms. The van der Waals surface area contributed by atoms with E-state index in [-0.39, 0.29) is 5.91 Å². The van der Waals surface area contributed by atoms with Crippen LogP contribution in [0.5, 0.6) is 5.75 Å². The van der Waals surface area contributed by atoms with Gasteiger partial charge in [-0.1, -0.05) is 30.3 Å². The summed E-state index contributed by atoms with van der Waals surface area (Å²) in [4.78, 5) is 16.0. The molecule has 0 bridgehead atoms. The molecule has 1 saturated heterocycles. The predicted octanol–water partition coefficient (Wildman–Crippen LogP) is 3.30. The van der Waals surface area contributed by atoms with E-state index >= 15 is 0 Å². The summed E-state index contributed by atoms with van der Waals surface area (Å²) in [5.74, 6) is 0.652. The number of nitrogens with zero attached hydrogens (tertiary/aromatic N) is 2. The first kappa shape index (κ1) is 15.2. The number of thiocarbonyl (C=S) groups is 1. The highest BCUT2D eigenvalue weighted by Crippen LogP contribution is 2.27. The molecule has 0 atom stereocenters. The number of anilines is 1. The molecule has 0 N–H and O–H groups in total. The molecule has 1 fully saturated rings. The molecule has 0 aromatic heterocycles. The van der Waals surface area contributed by atoms with Gasteiger partial charge in [-0.25, -0.2) is 0 Å². The molecular weight excluding hydrogens is 308 g/mol. The molecule has 2 aromatic carbocycles. The van der Waals surface area contributed by atoms with Crippen molar-refractivity contribution < 1.29 is 9.53 Å². The molecule has 0 aliphatic carbocycles. The Hall–Kier alpha value is -2.66. The van der Waals surface area contributed by atoms with Gasteiger partial charge < -0.3 is 9.64 Å². The number of hydrogen-bond acceptors (Lipinski definition) is 3. The zero-order valence-electron chi connectivity index (χ0n) is 12.9. The van der Waals surface area contributed by atoms with E-state index in [1.54, 1.807) is 24.0 Å². The lowest BCUT2D eigenvalue weighted by Gasteiger charge is -2.16. The second kappa shape index (κ2) is 6.22. The van der Waals surface area contributed by atoms with E-state index in [0.29, 0.717) is 10.8 Å². The molecule has 0 saturated carbocycles. The molecule has 1 heterocycles. The van der Waals surface area contributed by atoms with Crippen molar-refractivity contribution in [2.75, 3.05) is 19.1 Å². The van der Waals surface area contributed by atoms with Crippen LogP contribution in [-0.2, 0) is 4.79 Å². The number of amides is 1. The van der Waals surface area contributed by atoms with E-state index < -0.39 is 0 Å². The van der Waals surface area contributed by atoms with Crippen LogP contribution in [0.3, 0.4) is 0 Å². The normalized spacial score (nSPS) is 16.3. The molecule has 0 radical (unpaired) electrons. The number of benzene rings is 2. The monoisotopic (exact) mass is 324 g/mol. The van der Waals surface area contributed by atoms with Gasteiger partial charge in [0, 0.05) is 7.05 Å². The van der Waals surface area contributed by atoms with Gasteiger partial charge in [0.1, 0.15) is 11.4 Å². The first-order valence-corrected chi connectivity index (χ1v) is 7.55. The Morgan fingerprint density at radius 3 is 2.30 bits per heavy atom. The highest BCUT2D eigenvalue weighted by molar-refractivity contribution is 7.80. The number of rotatable bonds is 3. The van der Waals surface area contributed by atoms with Crippen LogP contribution >= 0.6 is 12.2 Å². The van der Waals surface area contributed by atoms with Crippen molar-refractivity contribution in [2.45, 2.75) is 0 Å². The van der Waals surface area contributed by atoms with Crippen LogP contribution in [0.25, 0.3) is 6.08 Å². The molecule has 2 aromatic rings. The highest BCUT2D eigenvalue weighted by Gasteiger charge is 2.36. The average Bonchev–Trinajstić information content (AvgIpc) is 2.80. The fourth-order valence-corrected chi connectivity index (χ4v) is 2.71. The summed E-state index contributed by atoms with van der Waals surface area (Å²) < 4.78 is 5.15. The number of ether oxygens (including phenoxy) is 1. The lowest BCUT2D eigenvalue weighted by atomic mass is 10.1. The summed E-state index contributed by atoms with van der Waals surface area (Å²) in [6.07, 6.45) is 1.83. The Kier molecular flexibility index (Phi) is 4.12. The minimum Gasteiger partial charge on any atom is -0.497 e. The lowest BCUT2D eigenvalue weighted by Crippen LogP contribution is -2.30. The van der Waals surface area contributed by atoms with Crippen molar-refractivity contribution >= 4 is 35.0 Å². The smallest absolute Gasteiger partial charge is 0.281 e. The van der Waals surface area contributed by atoms with Crippen molar-refractivity contribution in [1.29, 1.82) is 0 Å². The lowest BCUT2D eigenvalue weighted by molar-refractivity contribution is -0.114. The summed E-state index contributed by atoms with van der Waals surface area (Å²) in [5, 5.41) is 0.473. The summed E-state index contributed by atoms with van der Waals surface area (Å²) >= 11 is 5.43.